The first-order valence-electron chi connectivity index (χ1n) is 11.7. The molecular weight excluding hydrogens is 424 g/mol. The molecule has 5 nitrogen and oxygen atoms in total. The van der Waals surface area contributed by atoms with Crippen molar-refractivity contribution in [2.24, 2.45) is 0 Å². The molecule has 0 bridgehead atoms. The number of hydrogen-bond acceptors (Lipinski definition) is 3. The third kappa shape index (κ3) is 6.95. The van der Waals surface area contributed by atoms with E-state index >= 15 is 0 Å². The first kappa shape index (κ1) is 25.0. The number of carbonyl (C=O) groups is 2. The van der Waals surface area contributed by atoms with Gasteiger partial charge in [0.15, 0.2) is 6.61 Å². The molecule has 178 valence electrons. The van der Waals surface area contributed by atoms with Gasteiger partial charge < -0.3 is 15.0 Å². The van der Waals surface area contributed by atoms with Crippen molar-refractivity contribution in [2.45, 2.75) is 46.7 Å². The van der Waals surface area contributed by atoms with Gasteiger partial charge in [-0.05, 0) is 67.6 Å². The molecule has 5 heteroatoms. The maximum atomic E-state index is 13.6. The third-order valence-corrected chi connectivity index (χ3v) is 5.78. The van der Waals surface area contributed by atoms with Crippen LogP contribution < -0.4 is 10.1 Å². The molecule has 0 saturated carbocycles. The summed E-state index contributed by atoms with van der Waals surface area (Å²) < 4.78 is 5.90. The summed E-state index contributed by atoms with van der Waals surface area (Å²) in [6.45, 7) is 8.58. The zero-order valence-electron chi connectivity index (χ0n) is 20.5. The molecule has 3 aromatic rings. The number of amides is 2. The van der Waals surface area contributed by atoms with Crippen molar-refractivity contribution in [3.63, 3.8) is 0 Å². The zero-order chi connectivity index (χ0) is 24.5. The number of benzene rings is 3. The minimum absolute atomic E-state index is 0.139. The monoisotopic (exact) mass is 458 g/mol. The molecule has 0 saturated heterocycles. The van der Waals surface area contributed by atoms with Crippen LogP contribution in [-0.4, -0.2) is 35.9 Å². The highest BCUT2D eigenvalue weighted by molar-refractivity contribution is 5.88. The minimum atomic E-state index is -0.655. The van der Waals surface area contributed by atoms with Gasteiger partial charge in [0.05, 0.1) is 0 Å². The lowest BCUT2D eigenvalue weighted by Gasteiger charge is -2.32. The van der Waals surface area contributed by atoms with Crippen molar-refractivity contribution in [1.29, 1.82) is 0 Å². The standard InChI is InChI=1S/C29H34N2O3/c1-5-30-29(33)27(18-24-12-7-6-8-13-24)31(19-25-14-10-9-11-23(25)4)28(32)20-34-26-16-21(2)15-22(3)17-26/h6-17,27H,5,18-20H2,1-4H3,(H,30,33). The van der Waals surface area contributed by atoms with Gasteiger partial charge in [-0.3, -0.25) is 9.59 Å². The first-order valence-corrected chi connectivity index (χ1v) is 11.7. The number of hydrogen-bond donors (Lipinski definition) is 1. The van der Waals surface area contributed by atoms with E-state index in [1.807, 2.05) is 94.4 Å². The van der Waals surface area contributed by atoms with E-state index in [0.29, 0.717) is 25.3 Å². The second kappa shape index (κ2) is 12.0. The van der Waals surface area contributed by atoms with E-state index in [1.165, 1.54) is 0 Å². The van der Waals surface area contributed by atoms with Crippen LogP contribution >= 0.6 is 0 Å². The fourth-order valence-corrected chi connectivity index (χ4v) is 4.06. The molecular formula is C29H34N2O3. The van der Waals surface area contributed by atoms with Crippen LogP contribution in [0.4, 0.5) is 0 Å². The maximum Gasteiger partial charge on any atom is 0.261 e. The Hall–Kier alpha value is -3.60. The zero-order valence-corrected chi connectivity index (χ0v) is 20.5. The smallest absolute Gasteiger partial charge is 0.261 e. The van der Waals surface area contributed by atoms with Crippen molar-refractivity contribution in [1.82, 2.24) is 10.2 Å². The maximum absolute atomic E-state index is 13.6. The third-order valence-electron chi connectivity index (χ3n) is 5.78. The SMILES string of the molecule is CCNC(=O)C(Cc1ccccc1)N(Cc1ccccc1C)C(=O)COc1cc(C)cc(C)c1. The highest BCUT2D eigenvalue weighted by atomic mass is 16.5. The van der Waals surface area contributed by atoms with Gasteiger partial charge in [-0.2, -0.15) is 0 Å². The molecule has 2 amide bonds. The van der Waals surface area contributed by atoms with Crippen LogP contribution in [0.3, 0.4) is 0 Å². The molecule has 0 aromatic heterocycles. The molecule has 34 heavy (non-hydrogen) atoms. The number of nitrogens with zero attached hydrogens (tertiary/aromatic N) is 1. The predicted octanol–water partition coefficient (Wildman–Crippen LogP) is 4.77. The topological polar surface area (TPSA) is 58.6 Å². The van der Waals surface area contributed by atoms with E-state index in [9.17, 15) is 9.59 Å². The molecule has 0 radical (unpaired) electrons. The fraction of sp³-hybridized carbons (Fsp3) is 0.310. The van der Waals surface area contributed by atoms with Crippen molar-refractivity contribution in [3.8, 4) is 5.75 Å². The predicted molar refractivity (Wildman–Crippen MR) is 136 cm³/mol. The summed E-state index contributed by atoms with van der Waals surface area (Å²) in [4.78, 5) is 28.4. The van der Waals surface area contributed by atoms with Gasteiger partial charge in [-0.15, -0.1) is 0 Å². The average molecular weight is 459 g/mol. The van der Waals surface area contributed by atoms with Crippen LogP contribution in [-0.2, 0) is 22.6 Å². The van der Waals surface area contributed by atoms with Crippen molar-refractivity contribution < 1.29 is 14.3 Å². The molecule has 0 fully saturated rings. The molecule has 0 aliphatic heterocycles. The highest BCUT2D eigenvalue weighted by Crippen LogP contribution is 2.19. The Labute approximate surface area is 202 Å². The van der Waals surface area contributed by atoms with Crippen LogP contribution in [0.15, 0.2) is 72.8 Å². The van der Waals surface area contributed by atoms with Gasteiger partial charge in [0.2, 0.25) is 5.91 Å². The number of aryl methyl sites for hydroxylation is 3. The second-order valence-corrected chi connectivity index (χ2v) is 8.66. The Kier molecular flexibility index (Phi) is 8.86. The molecule has 1 N–H and O–H groups in total. The second-order valence-electron chi connectivity index (χ2n) is 8.66. The molecule has 0 aliphatic carbocycles. The lowest BCUT2D eigenvalue weighted by Crippen LogP contribution is -2.51. The Morgan fingerprint density at radius 1 is 0.912 bits per heavy atom. The van der Waals surface area contributed by atoms with E-state index < -0.39 is 6.04 Å². The number of nitrogens with one attached hydrogen (secondary N) is 1. The Morgan fingerprint density at radius 3 is 2.21 bits per heavy atom. The van der Waals surface area contributed by atoms with E-state index in [1.54, 1.807) is 4.90 Å². The number of rotatable bonds is 10. The summed E-state index contributed by atoms with van der Waals surface area (Å²) in [5.74, 6) is 0.258. The molecule has 3 rings (SSSR count). The summed E-state index contributed by atoms with van der Waals surface area (Å²) in [5, 5.41) is 2.92. The van der Waals surface area contributed by atoms with E-state index in [4.69, 9.17) is 4.74 Å². The lowest BCUT2D eigenvalue weighted by atomic mass is 10.0. The quantitative estimate of drug-likeness (QED) is 0.476. The molecule has 1 unspecified atom stereocenters. The van der Waals surface area contributed by atoms with Gasteiger partial charge >= 0.3 is 0 Å². The van der Waals surface area contributed by atoms with Crippen LogP contribution in [0.25, 0.3) is 0 Å². The van der Waals surface area contributed by atoms with Crippen LogP contribution in [0.2, 0.25) is 0 Å². The van der Waals surface area contributed by atoms with Gasteiger partial charge in [-0.1, -0.05) is 60.7 Å². The fourth-order valence-electron chi connectivity index (χ4n) is 4.06. The Balaban J connectivity index is 1.91. The number of likely N-dealkylation sites (N-methyl/N-ethyl adjacent to an activating group) is 1. The first-order chi connectivity index (χ1) is 16.4. The normalized spacial score (nSPS) is 11.5. The van der Waals surface area contributed by atoms with Gasteiger partial charge in [0.25, 0.3) is 5.91 Å². The average Bonchev–Trinajstić information content (AvgIpc) is 2.81. The van der Waals surface area contributed by atoms with Crippen molar-refractivity contribution in [2.75, 3.05) is 13.2 Å². The molecule has 0 aliphatic rings. The van der Waals surface area contributed by atoms with Crippen molar-refractivity contribution >= 4 is 11.8 Å². The van der Waals surface area contributed by atoms with Crippen LogP contribution in [0.5, 0.6) is 5.75 Å². The van der Waals surface area contributed by atoms with Crippen LogP contribution in [0.1, 0.15) is 34.7 Å². The van der Waals surface area contributed by atoms with Gasteiger partial charge in [0, 0.05) is 19.5 Å². The number of ether oxygens (including phenoxy) is 1. The summed E-state index contributed by atoms with van der Waals surface area (Å²) >= 11 is 0. The van der Waals surface area contributed by atoms with Gasteiger partial charge in [-0.25, -0.2) is 0 Å². The molecule has 0 heterocycles. The Morgan fingerprint density at radius 2 is 1.56 bits per heavy atom. The van der Waals surface area contributed by atoms with E-state index in [-0.39, 0.29) is 18.4 Å². The number of carbonyl (C=O) groups excluding carboxylic acids is 2. The molecule has 1 atom stereocenters. The summed E-state index contributed by atoms with van der Waals surface area (Å²) in [6, 6.07) is 23.0. The van der Waals surface area contributed by atoms with Gasteiger partial charge in [0.1, 0.15) is 11.8 Å². The summed E-state index contributed by atoms with van der Waals surface area (Å²) in [5.41, 5.74) is 5.22. The highest BCUT2D eigenvalue weighted by Gasteiger charge is 2.30. The largest absolute Gasteiger partial charge is 0.484 e. The van der Waals surface area contributed by atoms with E-state index in [0.717, 1.165) is 27.8 Å². The molecule has 3 aromatic carbocycles. The Bertz CT molecular complexity index is 1090. The summed E-state index contributed by atoms with van der Waals surface area (Å²) in [7, 11) is 0. The lowest BCUT2D eigenvalue weighted by molar-refractivity contribution is -0.142. The minimum Gasteiger partial charge on any atom is -0.484 e. The van der Waals surface area contributed by atoms with Crippen molar-refractivity contribution in [3.05, 3.63) is 101 Å². The van der Waals surface area contributed by atoms with E-state index in [2.05, 4.69) is 11.4 Å². The van der Waals surface area contributed by atoms with Crippen LogP contribution in [0, 0.1) is 20.8 Å². The summed E-state index contributed by atoms with van der Waals surface area (Å²) in [6.07, 6.45) is 0.424. The molecule has 0 spiro atoms.